The maximum atomic E-state index is 12.4. The van der Waals surface area contributed by atoms with Gasteiger partial charge in [-0.3, -0.25) is 4.79 Å². The third kappa shape index (κ3) is 3.16. The zero-order chi connectivity index (χ0) is 14.5. The fraction of sp³-hybridized carbons (Fsp3) is 0.500. The smallest absolute Gasteiger partial charge is 0.254 e. The fourth-order valence-electron chi connectivity index (χ4n) is 2.08. The number of halogens is 1. The number of carbonyl (C=O) groups excluding carboxylic acids is 1. The minimum atomic E-state index is -0.125. The number of hydrogen-bond acceptors (Lipinski definition) is 4. The van der Waals surface area contributed by atoms with Gasteiger partial charge in [0.25, 0.3) is 5.91 Å². The Labute approximate surface area is 123 Å². The number of nitrogens with zero attached hydrogens (tertiary/aromatic N) is 1. The van der Waals surface area contributed by atoms with Crippen molar-refractivity contribution in [2.24, 2.45) is 0 Å². The van der Waals surface area contributed by atoms with E-state index in [1.165, 1.54) is 0 Å². The van der Waals surface area contributed by atoms with Crippen LogP contribution >= 0.6 is 11.6 Å². The molecule has 0 atom stereocenters. The molecule has 0 saturated carbocycles. The summed E-state index contributed by atoms with van der Waals surface area (Å²) < 4.78 is 10.9. The Morgan fingerprint density at radius 2 is 2.15 bits per heavy atom. The number of fused-ring (bicyclic) bond motifs is 1. The topological polar surface area (TPSA) is 59.0 Å². The van der Waals surface area contributed by atoms with Crippen LogP contribution in [0.1, 0.15) is 23.7 Å². The zero-order valence-electron chi connectivity index (χ0n) is 11.4. The van der Waals surface area contributed by atoms with E-state index in [-0.39, 0.29) is 12.5 Å². The van der Waals surface area contributed by atoms with Gasteiger partial charge in [0.05, 0.1) is 5.02 Å². The van der Waals surface area contributed by atoms with Gasteiger partial charge in [-0.25, -0.2) is 0 Å². The molecule has 1 aromatic carbocycles. The van der Waals surface area contributed by atoms with E-state index in [4.69, 9.17) is 26.2 Å². The number of aliphatic hydroxyl groups is 1. The Balaban J connectivity index is 2.23. The van der Waals surface area contributed by atoms with Crippen LogP contribution in [0.3, 0.4) is 0 Å². The van der Waals surface area contributed by atoms with Gasteiger partial charge in [0, 0.05) is 25.3 Å². The first-order chi connectivity index (χ1) is 9.67. The molecule has 0 bridgehead atoms. The molecule has 2 rings (SSSR count). The molecule has 0 radical (unpaired) electrons. The third-order valence-electron chi connectivity index (χ3n) is 3.10. The van der Waals surface area contributed by atoms with Crippen molar-refractivity contribution in [1.29, 1.82) is 0 Å². The fourth-order valence-corrected chi connectivity index (χ4v) is 2.35. The lowest BCUT2D eigenvalue weighted by Gasteiger charge is -2.23. The van der Waals surface area contributed by atoms with Gasteiger partial charge in [0.1, 0.15) is 13.2 Å². The molecule has 1 aromatic rings. The zero-order valence-corrected chi connectivity index (χ0v) is 12.2. The van der Waals surface area contributed by atoms with E-state index in [1.54, 1.807) is 17.0 Å². The van der Waals surface area contributed by atoms with Crippen LogP contribution in [0.2, 0.25) is 5.02 Å². The van der Waals surface area contributed by atoms with Gasteiger partial charge in [-0.2, -0.15) is 0 Å². The van der Waals surface area contributed by atoms with E-state index in [0.717, 1.165) is 0 Å². The van der Waals surface area contributed by atoms with Crippen molar-refractivity contribution in [3.05, 3.63) is 22.7 Å². The first kappa shape index (κ1) is 14.9. The normalized spacial score (nSPS) is 13.2. The van der Waals surface area contributed by atoms with Crippen LogP contribution in [0, 0.1) is 0 Å². The van der Waals surface area contributed by atoms with Crippen molar-refractivity contribution in [2.75, 3.05) is 32.9 Å². The van der Waals surface area contributed by atoms with Gasteiger partial charge in [0.15, 0.2) is 11.5 Å². The van der Waals surface area contributed by atoms with Crippen LogP contribution in [0.25, 0.3) is 0 Å². The van der Waals surface area contributed by atoms with E-state index < -0.39 is 0 Å². The van der Waals surface area contributed by atoms with Crippen molar-refractivity contribution < 1.29 is 19.4 Å². The van der Waals surface area contributed by atoms with Crippen molar-refractivity contribution in [1.82, 2.24) is 4.90 Å². The van der Waals surface area contributed by atoms with Crippen molar-refractivity contribution in [3.63, 3.8) is 0 Å². The largest absolute Gasteiger partial charge is 0.486 e. The van der Waals surface area contributed by atoms with E-state index in [1.807, 2.05) is 6.92 Å². The number of ether oxygens (including phenoxy) is 2. The molecule has 110 valence electrons. The molecular weight excluding hydrogens is 282 g/mol. The highest BCUT2D eigenvalue weighted by Gasteiger charge is 2.21. The summed E-state index contributed by atoms with van der Waals surface area (Å²) in [6.45, 7) is 3.95. The maximum Gasteiger partial charge on any atom is 0.254 e. The molecule has 0 spiro atoms. The molecule has 1 aliphatic rings. The van der Waals surface area contributed by atoms with Crippen LogP contribution in [0.4, 0.5) is 0 Å². The second-order valence-corrected chi connectivity index (χ2v) is 4.85. The number of rotatable bonds is 5. The highest BCUT2D eigenvalue weighted by atomic mass is 35.5. The number of carbonyl (C=O) groups is 1. The van der Waals surface area contributed by atoms with Gasteiger partial charge >= 0.3 is 0 Å². The molecule has 1 heterocycles. The summed E-state index contributed by atoms with van der Waals surface area (Å²) in [5.41, 5.74) is 0.471. The Morgan fingerprint density at radius 1 is 1.40 bits per heavy atom. The minimum absolute atomic E-state index is 0.0612. The van der Waals surface area contributed by atoms with Crippen LogP contribution < -0.4 is 9.47 Å². The predicted molar refractivity (Wildman–Crippen MR) is 75.7 cm³/mol. The lowest BCUT2D eigenvalue weighted by molar-refractivity contribution is 0.0753. The van der Waals surface area contributed by atoms with Crippen LogP contribution in [0.5, 0.6) is 11.5 Å². The van der Waals surface area contributed by atoms with Crippen molar-refractivity contribution >= 4 is 17.5 Å². The standard InChI is InChI=1S/C14H18ClNO4/c1-2-16(4-3-5-17)14(18)10-8-11(15)13-12(9-10)19-6-7-20-13/h8-9,17H,2-7H2,1H3. The molecule has 6 heteroatoms. The van der Waals surface area contributed by atoms with E-state index in [9.17, 15) is 4.79 Å². The monoisotopic (exact) mass is 299 g/mol. The lowest BCUT2D eigenvalue weighted by atomic mass is 10.1. The highest BCUT2D eigenvalue weighted by Crippen LogP contribution is 2.38. The number of hydrogen-bond donors (Lipinski definition) is 1. The van der Waals surface area contributed by atoms with E-state index in [2.05, 4.69) is 0 Å². The average molecular weight is 300 g/mol. The van der Waals surface area contributed by atoms with Gasteiger partial charge in [-0.1, -0.05) is 11.6 Å². The SMILES string of the molecule is CCN(CCCO)C(=O)c1cc(Cl)c2c(c1)OCCO2. The van der Waals surface area contributed by atoms with E-state index in [0.29, 0.717) is 54.8 Å². The summed E-state index contributed by atoms with van der Waals surface area (Å²) in [4.78, 5) is 14.1. The maximum absolute atomic E-state index is 12.4. The summed E-state index contributed by atoms with van der Waals surface area (Å²) in [5.74, 6) is 0.873. The molecule has 1 N–H and O–H groups in total. The number of amides is 1. The summed E-state index contributed by atoms with van der Waals surface area (Å²) in [6, 6.07) is 3.25. The quantitative estimate of drug-likeness (QED) is 0.903. The Hall–Kier alpha value is -1.46. The Kier molecular flexibility index (Phi) is 5.09. The highest BCUT2D eigenvalue weighted by molar-refractivity contribution is 6.32. The van der Waals surface area contributed by atoms with Crippen molar-refractivity contribution in [3.8, 4) is 11.5 Å². The Morgan fingerprint density at radius 3 is 2.85 bits per heavy atom. The third-order valence-corrected chi connectivity index (χ3v) is 3.38. The summed E-state index contributed by atoms with van der Waals surface area (Å²) in [6.07, 6.45) is 0.553. The molecule has 0 fully saturated rings. The van der Waals surface area contributed by atoms with Gasteiger partial charge in [-0.05, 0) is 25.5 Å². The van der Waals surface area contributed by atoms with Gasteiger partial charge in [-0.15, -0.1) is 0 Å². The second-order valence-electron chi connectivity index (χ2n) is 4.44. The molecule has 1 amide bonds. The summed E-state index contributed by atoms with van der Waals surface area (Å²) in [5, 5.41) is 9.25. The molecule has 0 aliphatic carbocycles. The van der Waals surface area contributed by atoms with E-state index >= 15 is 0 Å². The number of benzene rings is 1. The molecule has 0 saturated heterocycles. The second kappa shape index (κ2) is 6.81. The molecule has 20 heavy (non-hydrogen) atoms. The predicted octanol–water partition coefficient (Wildman–Crippen LogP) is 1.96. The molecule has 0 unspecified atom stereocenters. The minimum Gasteiger partial charge on any atom is -0.486 e. The Bertz CT molecular complexity index is 492. The molecule has 5 nitrogen and oxygen atoms in total. The van der Waals surface area contributed by atoms with Crippen LogP contribution in [-0.2, 0) is 0 Å². The summed E-state index contributed by atoms with van der Waals surface area (Å²) in [7, 11) is 0. The van der Waals surface area contributed by atoms with Gasteiger partial charge < -0.3 is 19.5 Å². The molecule has 0 aromatic heterocycles. The van der Waals surface area contributed by atoms with Crippen molar-refractivity contribution in [2.45, 2.75) is 13.3 Å². The molecular formula is C14H18ClNO4. The summed E-state index contributed by atoms with van der Waals surface area (Å²) >= 11 is 6.13. The lowest BCUT2D eigenvalue weighted by Crippen LogP contribution is -2.32. The number of aliphatic hydroxyl groups excluding tert-OH is 1. The average Bonchev–Trinajstić information content (AvgIpc) is 2.47. The first-order valence-electron chi connectivity index (χ1n) is 6.66. The van der Waals surface area contributed by atoms with Gasteiger partial charge in [0.2, 0.25) is 0 Å². The molecule has 1 aliphatic heterocycles. The van der Waals surface area contributed by atoms with Crippen LogP contribution in [-0.4, -0.2) is 48.8 Å². The van der Waals surface area contributed by atoms with Crippen LogP contribution in [0.15, 0.2) is 12.1 Å². The first-order valence-corrected chi connectivity index (χ1v) is 7.04.